The average molecular weight is 419 g/mol. The highest BCUT2D eigenvalue weighted by molar-refractivity contribution is 6.31. The van der Waals surface area contributed by atoms with Gasteiger partial charge in [-0.25, -0.2) is 4.39 Å². The van der Waals surface area contributed by atoms with Gasteiger partial charge < -0.3 is 5.32 Å². The zero-order valence-electron chi connectivity index (χ0n) is 16.2. The van der Waals surface area contributed by atoms with Gasteiger partial charge >= 0.3 is 0 Å². The van der Waals surface area contributed by atoms with E-state index in [9.17, 15) is 9.18 Å². The number of carbonyl (C=O) groups excluding carboxylic acids is 1. The van der Waals surface area contributed by atoms with Crippen LogP contribution >= 0.6 is 11.6 Å². The molecule has 1 unspecified atom stereocenters. The van der Waals surface area contributed by atoms with E-state index in [4.69, 9.17) is 16.6 Å². The first-order valence-corrected chi connectivity index (χ1v) is 10.4. The van der Waals surface area contributed by atoms with Crippen molar-refractivity contribution in [3.05, 3.63) is 94.8 Å². The van der Waals surface area contributed by atoms with E-state index in [1.54, 1.807) is 12.1 Å². The maximum Gasteiger partial charge on any atom is 0.144 e. The van der Waals surface area contributed by atoms with Crippen molar-refractivity contribution in [2.24, 2.45) is 10.9 Å². The molecule has 1 N–H and O–H groups in total. The lowest BCUT2D eigenvalue weighted by Crippen LogP contribution is -2.39. The quantitative estimate of drug-likeness (QED) is 0.517. The lowest BCUT2D eigenvalue weighted by atomic mass is 9.72. The summed E-state index contributed by atoms with van der Waals surface area (Å²) in [6, 6.07) is 21.7. The maximum absolute atomic E-state index is 14.9. The van der Waals surface area contributed by atoms with E-state index in [1.165, 1.54) is 6.07 Å². The summed E-state index contributed by atoms with van der Waals surface area (Å²) < 4.78 is 14.9. The Morgan fingerprint density at radius 3 is 2.50 bits per heavy atom. The summed E-state index contributed by atoms with van der Waals surface area (Å²) in [5.74, 6) is -0.863. The monoisotopic (exact) mass is 418 g/mol. The molecular formula is C25H20ClFN2O. The van der Waals surface area contributed by atoms with Crippen molar-refractivity contribution >= 4 is 34.5 Å². The first-order valence-electron chi connectivity index (χ1n) is 10.1. The Morgan fingerprint density at radius 2 is 1.70 bits per heavy atom. The van der Waals surface area contributed by atoms with Gasteiger partial charge in [-0.1, -0.05) is 60.1 Å². The fraction of sp³-hybridized carbons (Fsp3) is 0.200. The normalized spacial score (nSPS) is 22.9. The van der Waals surface area contributed by atoms with Crippen molar-refractivity contribution < 1.29 is 9.18 Å². The minimum Gasteiger partial charge on any atom is -0.375 e. The van der Waals surface area contributed by atoms with Crippen LogP contribution in [0.4, 0.5) is 15.8 Å². The van der Waals surface area contributed by atoms with Gasteiger partial charge in [-0.2, -0.15) is 0 Å². The summed E-state index contributed by atoms with van der Waals surface area (Å²) in [4.78, 5) is 18.3. The number of fused-ring (bicyclic) bond motifs is 2. The summed E-state index contributed by atoms with van der Waals surface area (Å²) in [5, 5.41) is 3.69. The largest absolute Gasteiger partial charge is 0.375 e. The molecule has 3 aromatic carbocycles. The predicted molar refractivity (Wildman–Crippen MR) is 118 cm³/mol. The van der Waals surface area contributed by atoms with Gasteiger partial charge in [0.05, 0.1) is 23.3 Å². The molecule has 0 bridgehead atoms. The molecule has 3 atom stereocenters. The summed E-state index contributed by atoms with van der Waals surface area (Å²) in [6.07, 6.45) is 1.05. The maximum atomic E-state index is 14.9. The van der Waals surface area contributed by atoms with Gasteiger partial charge in [-0.15, -0.1) is 0 Å². The highest BCUT2D eigenvalue weighted by Crippen LogP contribution is 2.45. The van der Waals surface area contributed by atoms with Crippen LogP contribution < -0.4 is 5.32 Å². The van der Waals surface area contributed by atoms with Crippen LogP contribution in [0, 0.1) is 11.7 Å². The number of nitrogens with one attached hydrogen (secondary N) is 1. The van der Waals surface area contributed by atoms with Crippen LogP contribution in [0.25, 0.3) is 0 Å². The fourth-order valence-electron chi connectivity index (χ4n) is 4.61. The number of nitrogens with zero attached hydrogens (tertiary/aromatic N) is 1. The van der Waals surface area contributed by atoms with E-state index >= 15 is 0 Å². The Kier molecular flexibility index (Phi) is 4.87. The molecule has 1 aliphatic heterocycles. The summed E-state index contributed by atoms with van der Waals surface area (Å²) in [5.41, 5.74) is 3.75. The van der Waals surface area contributed by atoms with Crippen molar-refractivity contribution in [1.29, 1.82) is 0 Å². The van der Waals surface area contributed by atoms with E-state index in [0.717, 1.165) is 22.6 Å². The molecule has 1 fully saturated rings. The van der Waals surface area contributed by atoms with E-state index in [0.29, 0.717) is 23.4 Å². The van der Waals surface area contributed by atoms with Crippen LogP contribution in [0.2, 0.25) is 5.02 Å². The van der Waals surface area contributed by atoms with Crippen molar-refractivity contribution in [3.63, 3.8) is 0 Å². The molecule has 1 saturated carbocycles. The standard InChI is InChI=1S/C25H20ClFN2O/c26-17-9-6-10-18(27)23(17)25-24-21(28-19-11-4-5-12-20(19)29-25)13-16(14-22(24)30)15-7-2-1-3-8-15/h1-12,16,24-25,29H,13-14H2/t16-,24?,25+/m1/s1. The minimum absolute atomic E-state index is 0.0541. The van der Waals surface area contributed by atoms with Gasteiger partial charge in [-0.3, -0.25) is 9.79 Å². The van der Waals surface area contributed by atoms with Gasteiger partial charge in [0.2, 0.25) is 0 Å². The second-order valence-electron chi connectivity index (χ2n) is 7.84. The molecule has 150 valence electrons. The zero-order chi connectivity index (χ0) is 20.7. The third-order valence-corrected chi connectivity index (χ3v) is 6.33. The SMILES string of the molecule is O=C1C[C@H](c2ccccc2)CC2=Nc3ccccc3N[C@@H](c3c(F)cccc3Cl)C12. The van der Waals surface area contributed by atoms with E-state index < -0.39 is 17.8 Å². The van der Waals surface area contributed by atoms with Gasteiger partial charge in [0.25, 0.3) is 0 Å². The molecule has 1 aliphatic carbocycles. The van der Waals surface area contributed by atoms with Crippen LogP contribution in [-0.4, -0.2) is 11.5 Å². The fourth-order valence-corrected chi connectivity index (χ4v) is 4.89. The number of rotatable bonds is 2. The third-order valence-electron chi connectivity index (χ3n) is 6.00. The summed E-state index contributed by atoms with van der Waals surface area (Å²) in [7, 11) is 0. The molecule has 0 amide bonds. The lowest BCUT2D eigenvalue weighted by Gasteiger charge is -2.34. The average Bonchev–Trinajstić information content (AvgIpc) is 2.91. The Hall–Kier alpha value is -2.98. The minimum atomic E-state index is -0.606. The number of carbonyl (C=O) groups is 1. The number of anilines is 1. The predicted octanol–water partition coefficient (Wildman–Crippen LogP) is 6.48. The highest BCUT2D eigenvalue weighted by Gasteiger charge is 2.43. The zero-order valence-corrected chi connectivity index (χ0v) is 16.9. The second kappa shape index (κ2) is 7.69. The molecule has 1 heterocycles. The Bertz CT molecular complexity index is 1120. The van der Waals surface area contributed by atoms with E-state index in [-0.39, 0.29) is 11.7 Å². The van der Waals surface area contributed by atoms with Gasteiger partial charge in [0.15, 0.2) is 0 Å². The van der Waals surface area contributed by atoms with Crippen molar-refractivity contribution in [2.45, 2.75) is 24.8 Å². The van der Waals surface area contributed by atoms with Gasteiger partial charge in [-0.05, 0) is 42.2 Å². The number of hydrogen-bond donors (Lipinski definition) is 1. The van der Waals surface area contributed by atoms with Gasteiger partial charge in [0.1, 0.15) is 11.6 Å². The molecule has 0 radical (unpaired) electrons. The molecule has 3 nitrogen and oxygen atoms in total. The van der Waals surface area contributed by atoms with Crippen molar-refractivity contribution in [1.82, 2.24) is 0 Å². The molecule has 0 aromatic heterocycles. The molecular weight excluding hydrogens is 399 g/mol. The molecule has 5 heteroatoms. The molecule has 0 saturated heterocycles. The Morgan fingerprint density at radius 1 is 0.933 bits per heavy atom. The Labute approximate surface area is 179 Å². The number of benzene rings is 3. The number of hydrogen-bond acceptors (Lipinski definition) is 3. The first-order chi connectivity index (χ1) is 14.6. The van der Waals surface area contributed by atoms with Crippen molar-refractivity contribution in [3.8, 4) is 0 Å². The van der Waals surface area contributed by atoms with Crippen LogP contribution in [0.15, 0.2) is 77.8 Å². The number of ketones is 1. The van der Waals surface area contributed by atoms with Crippen LogP contribution in [0.5, 0.6) is 0 Å². The number of aliphatic imine (C=N–C) groups is 1. The van der Waals surface area contributed by atoms with Crippen LogP contribution in [0.3, 0.4) is 0 Å². The first kappa shape index (κ1) is 19.0. The number of para-hydroxylation sites is 2. The molecule has 0 spiro atoms. The third kappa shape index (κ3) is 3.31. The number of halogens is 2. The molecule has 3 aromatic rings. The van der Waals surface area contributed by atoms with E-state index in [2.05, 4.69) is 5.32 Å². The smallest absolute Gasteiger partial charge is 0.144 e. The number of Topliss-reactive ketones (excluding diaryl/α,β-unsaturated/α-hetero) is 1. The topological polar surface area (TPSA) is 41.5 Å². The molecule has 30 heavy (non-hydrogen) atoms. The van der Waals surface area contributed by atoms with Crippen LogP contribution in [0.1, 0.15) is 35.9 Å². The highest BCUT2D eigenvalue weighted by atomic mass is 35.5. The lowest BCUT2D eigenvalue weighted by molar-refractivity contribution is -0.122. The van der Waals surface area contributed by atoms with Crippen LogP contribution in [-0.2, 0) is 4.79 Å². The second-order valence-corrected chi connectivity index (χ2v) is 8.24. The Balaban J connectivity index is 1.64. The molecule has 5 rings (SSSR count). The molecule has 2 aliphatic rings. The van der Waals surface area contributed by atoms with Crippen molar-refractivity contribution in [2.75, 3.05) is 5.32 Å². The summed E-state index contributed by atoms with van der Waals surface area (Å²) in [6.45, 7) is 0. The van der Waals surface area contributed by atoms with Gasteiger partial charge in [0, 0.05) is 22.7 Å². The van der Waals surface area contributed by atoms with E-state index in [1.807, 2.05) is 54.6 Å². The summed E-state index contributed by atoms with van der Waals surface area (Å²) >= 11 is 6.42.